The molecule has 5 heteroatoms. The Hall–Kier alpha value is -1.72. The Morgan fingerprint density at radius 1 is 1.24 bits per heavy atom. The van der Waals surface area contributed by atoms with Crippen LogP contribution in [-0.4, -0.2) is 42.5 Å². The van der Waals surface area contributed by atoms with Gasteiger partial charge in [-0.05, 0) is 6.92 Å². The number of aryl methyl sites for hydroxylation is 1. The molecule has 0 bridgehead atoms. The Labute approximate surface area is 124 Å². The van der Waals surface area contributed by atoms with Crippen LogP contribution < -0.4 is 10.6 Å². The summed E-state index contributed by atoms with van der Waals surface area (Å²) in [6, 6.07) is 7.36. The van der Waals surface area contributed by atoms with Crippen LogP contribution in [0.15, 0.2) is 24.3 Å². The highest BCUT2D eigenvalue weighted by atomic mass is 16.3. The maximum atomic E-state index is 11.9. The summed E-state index contributed by atoms with van der Waals surface area (Å²) in [6.07, 6.45) is -0.0111. The molecule has 1 aromatic carbocycles. The van der Waals surface area contributed by atoms with E-state index in [2.05, 4.69) is 10.6 Å². The van der Waals surface area contributed by atoms with Gasteiger partial charge < -0.3 is 15.7 Å². The fourth-order valence-corrected chi connectivity index (χ4v) is 2.37. The third-order valence-corrected chi connectivity index (χ3v) is 3.82. The van der Waals surface area contributed by atoms with E-state index in [9.17, 15) is 14.7 Å². The minimum absolute atomic E-state index is 0.0206. The maximum Gasteiger partial charge on any atom is 0.220 e. The molecule has 1 saturated heterocycles. The van der Waals surface area contributed by atoms with Crippen molar-refractivity contribution in [1.82, 2.24) is 10.6 Å². The average molecular weight is 290 g/mol. The van der Waals surface area contributed by atoms with E-state index in [0.29, 0.717) is 25.2 Å². The first kappa shape index (κ1) is 15.7. The second-order valence-corrected chi connectivity index (χ2v) is 5.58. The third kappa shape index (κ3) is 4.65. The number of carbonyl (C=O) groups is 2. The molecule has 2 rings (SSSR count). The van der Waals surface area contributed by atoms with E-state index in [1.807, 2.05) is 19.1 Å². The van der Waals surface area contributed by atoms with Crippen LogP contribution in [0.1, 0.15) is 28.8 Å². The van der Waals surface area contributed by atoms with Crippen LogP contribution in [-0.2, 0) is 4.79 Å². The van der Waals surface area contributed by atoms with Gasteiger partial charge in [-0.1, -0.05) is 29.8 Å². The minimum Gasteiger partial charge on any atom is -0.391 e. The maximum absolute atomic E-state index is 11.9. The summed E-state index contributed by atoms with van der Waals surface area (Å²) in [5.41, 5.74) is 1.75. The summed E-state index contributed by atoms with van der Waals surface area (Å²) in [4.78, 5) is 23.7. The first-order valence-electron chi connectivity index (χ1n) is 7.31. The van der Waals surface area contributed by atoms with E-state index < -0.39 is 6.10 Å². The van der Waals surface area contributed by atoms with Crippen LogP contribution in [0.2, 0.25) is 0 Å². The number of benzene rings is 1. The SMILES string of the molecule is Cc1ccc(C(=O)CCC(=O)NCC2CNCC2O)cc1. The highest BCUT2D eigenvalue weighted by Gasteiger charge is 2.24. The van der Waals surface area contributed by atoms with Gasteiger partial charge in [0.2, 0.25) is 5.91 Å². The van der Waals surface area contributed by atoms with Crippen molar-refractivity contribution in [1.29, 1.82) is 0 Å². The Balaban J connectivity index is 1.71. The lowest BCUT2D eigenvalue weighted by molar-refractivity contribution is -0.121. The molecule has 0 radical (unpaired) electrons. The van der Waals surface area contributed by atoms with Crippen LogP contribution in [0.3, 0.4) is 0 Å². The molecule has 0 aliphatic carbocycles. The predicted octanol–water partition coefficient (Wildman–Crippen LogP) is 0.654. The number of amides is 1. The molecule has 1 heterocycles. The Kier molecular flexibility index (Phi) is 5.47. The summed E-state index contributed by atoms with van der Waals surface area (Å²) < 4.78 is 0. The fraction of sp³-hybridized carbons (Fsp3) is 0.500. The summed E-state index contributed by atoms with van der Waals surface area (Å²) in [6.45, 7) is 3.70. The van der Waals surface area contributed by atoms with Gasteiger partial charge in [-0.15, -0.1) is 0 Å². The van der Waals surface area contributed by atoms with Crippen molar-refractivity contribution < 1.29 is 14.7 Å². The molecule has 0 saturated carbocycles. The van der Waals surface area contributed by atoms with Crippen LogP contribution >= 0.6 is 0 Å². The summed E-state index contributed by atoms with van der Waals surface area (Å²) in [7, 11) is 0. The van der Waals surface area contributed by atoms with E-state index in [1.54, 1.807) is 12.1 Å². The number of ketones is 1. The molecule has 1 aliphatic rings. The molecule has 1 fully saturated rings. The zero-order chi connectivity index (χ0) is 15.2. The second-order valence-electron chi connectivity index (χ2n) is 5.58. The molecule has 0 spiro atoms. The Morgan fingerprint density at radius 3 is 2.57 bits per heavy atom. The number of β-amino-alcohol motifs (C(OH)–C–C–N with tert-alkyl or cyclic N) is 1. The molecule has 114 valence electrons. The van der Waals surface area contributed by atoms with Crippen molar-refractivity contribution in [2.45, 2.75) is 25.9 Å². The normalized spacial score (nSPS) is 21.2. The lowest BCUT2D eigenvalue weighted by Gasteiger charge is -2.13. The monoisotopic (exact) mass is 290 g/mol. The molecule has 2 atom stereocenters. The van der Waals surface area contributed by atoms with Gasteiger partial charge in [0.05, 0.1) is 6.10 Å². The van der Waals surface area contributed by atoms with Crippen molar-refractivity contribution in [3.63, 3.8) is 0 Å². The molecule has 0 aromatic heterocycles. The average Bonchev–Trinajstić information content (AvgIpc) is 2.88. The third-order valence-electron chi connectivity index (χ3n) is 3.82. The standard InChI is InChI=1S/C16H22N2O3/c1-11-2-4-12(5-3-11)14(19)6-7-16(21)18-9-13-8-17-10-15(13)20/h2-5,13,15,17,20H,6-10H2,1H3,(H,18,21). The molecule has 5 nitrogen and oxygen atoms in total. The zero-order valence-corrected chi connectivity index (χ0v) is 12.3. The Bertz CT molecular complexity index is 499. The van der Waals surface area contributed by atoms with Gasteiger partial charge in [-0.25, -0.2) is 0 Å². The minimum atomic E-state index is -0.403. The van der Waals surface area contributed by atoms with Crippen molar-refractivity contribution >= 4 is 11.7 Å². The topological polar surface area (TPSA) is 78.4 Å². The molecule has 3 N–H and O–H groups in total. The fourth-order valence-electron chi connectivity index (χ4n) is 2.37. The van der Waals surface area contributed by atoms with Gasteiger partial charge in [-0.3, -0.25) is 9.59 Å². The molecular weight excluding hydrogens is 268 g/mol. The number of Topliss-reactive ketones (excluding diaryl/α,β-unsaturated/α-hetero) is 1. The first-order chi connectivity index (χ1) is 10.1. The van der Waals surface area contributed by atoms with Crippen molar-refractivity contribution in [3.05, 3.63) is 35.4 Å². The van der Waals surface area contributed by atoms with Gasteiger partial charge in [0, 0.05) is 44.0 Å². The summed E-state index contributed by atoms with van der Waals surface area (Å²) in [5.74, 6) is -0.107. The van der Waals surface area contributed by atoms with Crippen molar-refractivity contribution in [2.24, 2.45) is 5.92 Å². The van der Waals surface area contributed by atoms with Crippen LogP contribution in [0.4, 0.5) is 0 Å². The van der Waals surface area contributed by atoms with Crippen molar-refractivity contribution in [2.75, 3.05) is 19.6 Å². The number of aliphatic hydroxyl groups is 1. The van der Waals surface area contributed by atoms with Gasteiger partial charge in [-0.2, -0.15) is 0 Å². The van der Waals surface area contributed by atoms with E-state index in [-0.39, 0.29) is 30.4 Å². The van der Waals surface area contributed by atoms with Crippen molar-refractivity contribution in [3.8, 4) is 0 Å². The Morgan fingerprint density at radius 2 is 1.95 bits per heavy atom. The molecule has 1 aromatic rings. The molecule has 21 heavy (non-hydrogen) atoms. The molecule has 1 aliphatic heterocycles. The van der Waals surface area contributed by atoms with Gasteiger partial charge in [0.15, 0.2) is 5.78 Å². The predicted molar refractivity (Wildman–Crippen MR) is 80.1 cm³/mol. The van der Waals surface area contributed by atoms with Crippen LogP contribution in [0, 0.1) is 12.8 Å². The molecule has 1 amide bonds. The van der Waals surface area contributed by atoms with Crippen LogP contribution in [0.25, 0.3) is 0 Å². The van der Waals surface area contributed by atoms with Gasteiger partial charge >= 0.3 is 0 Å². The van der Waals surface area contributed by atoms with Crippen LogP contribution in [0.5, 0.6) is 0 Å². The smallest absolute Gasteiger partial charge is 0.220 e. The number of carbonyl (C=O) groups excluding carboxylic acids is 2. The summed E-state index contributed by atoms with van der Waals surface area (Å²) >= 11 is 0. The summed E-state index contributed by atoms with van der Waals surface area (Å²) in [5, 5.41) is 15.5. The first-order valence-corrected chi connectivity index (χ1v) is 7.31. The lowest BCUT2D eigenvalue weighted by atomic mass is 10.0. The van der Waals surface area contributed by atoms with E-state index >= 15 is 0 Å². The zero-order valence-electron chi connectivity index (χ0n) is 12.3. The highest BCUT2D eigenvalue weighted by molar-refractivity contribution is 5.97. The van der Waals surface area contributed by atoms with Gasteiger partial charge in [0.25, 0.3) is 0 Å². The number of aliphatic hydroxyl groups excluding tert-OH is 1. The van der Waals surface area contributed by atoms with E-state index in [1.165, 1.54) is 0 Å². The number of hydrogen-bond acceptors (Lipinski definition) is 4. The van der Waals surface area contributed by atoms with Gasteiger partial charge in [0.1, 0.15) is 0 Å². The highest BCUT2D eigenvalue weighted by Crippen LogP contribution is 2.09. The largest absolute Gasteiger partial charge is 0.391 e. The second kappa shape index (κ2) is 7.33. The van der Waals surface area contributed by atoms with E-state index in [4.69, 9.17) is 0 Å². The van der Waals surface area contributed by atoms with E-state index in [0.717, 1.165) is 5.56 Å². The number of rotatable bonds is 6. The quantitative estimate of drug-likeness (QED) is 0.672. The molecular formula is C16H22N2O3. The number of nitrogens with one attached hydrogen (secondary N) is 2. The lowest BCUT2D eigenvalue weighted by Crippen LogP contribution is -2.34. The molecule has 2 unspecified atom stereocenters. The number of hydrogen-bond donors (Lipinski definition) is 3.